The van der Waals surface area contributed by atoms with Crippen LogP contribution < -0.4 is 10.2 Å². The van der Waals surface area contributed by atoms with Crippen molar-refractivity contribution < 1.29 is 4.79 Å². The average molecular weight is 245 g/mol. The Balaban J connectivity index is 1.97. The van der Waals surface area contributed by atoms with Gasteiger partial charge in [-0.05, 0) is 6.92 Å². The Labute approximate surface area is 105 Å². The fourth-order valence-electron chi connectivity index (χ4n) is 2.09. The SMILES string of the molecule is CC(=O)c1cnc2cc(N3CCNCC3)nn2c1. The number of nitrogens with one attached hydrogen (secondary N) is 1. The summed E-state index contributed by atoms with van der Waals surface area (Å²) in [6, 6.07) is 1.95. The largest absolute Gasteiger partial charge is 0.353 e. The summed E-state index contributed by atoms with van der Waals surface area (Å²) in [5, 5.41) is 7.79. The van der Waals surface area contributed by atoms with Crippen LogP contribution in [-0.4, -0.2) is 46.6 Å². The maximum atomic E-state index is 11.3. The third-order valence-electron chi connectivity index (χ3n) is 3.15. The molecule has 0 amide bonds. The topological polar surface area (TPSA) is 62.5 Å². The van der Waals surface area contributed by atoms with Crippen molar-refractivity contribution in [2.75, 3.05) is 31.1 Å². The van der Waals surface area contributed by atoms with Crippen molar-refractivity contribution in [2.24, 2.45) is 0 Å². The number of hydrogen-bond donors (Lipinski definition) is 1. The Kier molecular flexibility index (Phi) is 2.71. The van der Waals surface area contributed by atoms with Crippen LogP contribution in [0.25, 0.3) is 5.65 Å². The Morgan fingerprint density at radius 1 is 1.39 bits per heavy atom. The third kappa shape index (κ3) is 1.95. The minimum absolute atomic E-state index is 0.00335. The third-order valence-corrected chi connectivity index (χ3v) is 3.15. The summed E-state index contributed by atoms with van der Waals surface area (Å²) >= 11 is 0. The molecule has 0 saturated carbocycles. The molecule has 0 atom stereocenters. The number of rotatable bonds is 2. The van der Waals surface area contributed by atoms with Crippen LogP contribution >= 0.6 is 0 Å². The van der Waals surface area contributed by atoms with Crippen LogP contribution in [0.1, 0.15) is 17.3 Å². The number of Topliss-reactive ketones (excluding diaryl/α,β-unsaturated/α-hetero) is 1. The molecular weight excluding hydrogens is 230 g/mol. The fourth-order valence-corrected chi connectivity index (χ4v) is 2.09. The molecule has 1 aliphatic heterocycles. The molecule has 2 aromatic rings. The van der Waals surface area contributed by atoms with Crippen molar-refractivity contribution in [1.29, 1.82) is 0 Å². The van der Waals surface area contributed by atoms with Gasteiger partial charge in [-0.2, -0.15) is 0 Å². The summed E-state index contributed by atoms with van der Waals surface area (Å²) in [6.07, 6.45) is 3.33. The highest BCUT2D eigenvalue weighted by Crippen LogP contribution is 2.15. The van der Waals surface area contributed by atoms with Crippen LogP contribution in [0.15, 0.2) is 18.5 Å². The predicted molar refractivity (Wildman–Crippen MR) is 68.1 cm³/mol. The number of carbonyl (C=O) groups excluding carboxylic acids is 1. The molecule has 1 saturated heterocycles. The number of ketones is 1. The average Bonchev–Trinajstić information content (AvgIpc) is 2.82. The van der Waals surface area contributed by atoms with E-state index in [0.717, 1.165) is 37.6 Å². The lowest BCUT2D eigenvalue weighted by molar-refractivity contribution is 0.101. The predicted octanol–water partition coefficient (Wildman–Crippen LogP) is 0.341. The van der Waals surface area contributed by atoms with Crippen LogP contribution in [0.4, 0.5) is 5.82 Å². The van der Waals surface area contributed by atoms with E-state index in [9.17, 15) is 4.79 Å². The van der Waals surface area contributed by atoms with E-state index in [2.05, 4.69) is 20.3 Å². The van der Waals surface area contributed by atoms with Crippen molar-refractivity contribution in [1.82, 2.24) is 19.9 Å². The number of piperazine rings is 1. The molecule has 3 heterocycles. The smallest absolute Gasteiger partial charge is 0.162 e. The van der Waals surface area contributed by atoms with E-state index in [0.29, 0.717) is 5.56 Å². The Hall–Kier alpha value is -1.95. The first-order valence-electron chi connectivity index (χ1n) is 6.06. The Bertz CT molecular complexity index is 585. The minimum Gasteiger partial charge on any atom is -0.353 e. The summed E-state index contributed by atoms with van der Waals surface area (Å²) in [5.74, 6) is 0.924. The van der Waals surface area contributed by atoms with E-state index in [1.807, 2.05) is 6.07 Å². The van der Waals surface area contributed by atoms with E-state index >= 15 is 0 Å². The molecule has 0 aliphatic carbocycles. The van der Waals surface area contributed by atoms with Crippen molar-refractivity contribution in [3.05, 3.63) is 24.0 Å². The van der Waals surface area contributed by atoms with Gasteiger partial charge in [0.25, 0.3) is 0 Å². The number of hydrogen-bond acceptors (Lipinski definition) is 5. The number of carbonyl (C=O) groups is 1. The van der Waals surface area contributed by atoms with Gasteiger partial charge in [-0.1, -0.05) is 0 Å². The molecule has 1 aliphatic rings. The molecule has 18 heavy (non-hydrogen) atoms. The second-order valence-electron chi connectivity index (χ2n) is 4.44. The first kappa shape index (κ1) is 11.2. The molecule has 1 fully saturated rings. The van der Waals surface area contributed by atoms with Gasteiger partial charge in [-0.25, -0.2) is 9.50 Å². The normalized spacial score (nSPS) is 16.2. The van der Waals surface area contributed by atoms with E-state index in [4.69, 9.17) is 0 Å². The highest BCUT2D eigenvalue weighted by Gasteiger charge is 2.14. The van der Waals surface area contributed by atoms with Crippen LogP contribution in [0, 0.1) is 0 Å². The molecule has 3 rings (SSSR count). The summed E-state index contributed by atoms with van der Waals surface area (Å²) in [5.41, 5.74) is 1.35. The van der Waals surface area contributed by atoms with Gasteiger partial charge >= 0.3 is 0 Å². The van der Waals surface area contributed by atoms with Crippen molar-refractivity contribution >= 4 is 17.2 Å². The molecule has 0 radical (unpaired) electrons. The lowest BCUT2D eigenvalue weighted by Crippen LogP contribution is -2.43. The van der Waals surface area contributed by atoms with E-state index < -0.39 is 0 Å². The molecular formula is C12H15N5O. The molecule has 6 heteroatoms. The van der Waals surface area contributed by atoms with Gasteiger partial charge in [0, 0.05) is 44.6 Å². The number of anilines is 1. The van der Waals surface area contributed by atoms with Crippen LogP contribution in [0.2, 0.25) is 0 Å². The zero-order valence-electron chi connectivity index (χ0n) is 10.3. The maximum absolute atomic E-state index is 11.3. The van der Waals surface area contributed by atoms with Gasteiger partial charge in [0.2, 0.25) is 0 Å². The van der Waals surface area contributed by atoms with Gasteiger partial charge < -0.3 is 10.2 Å². The van der Waals surface area contributed by atoms with Crippen LogP contribution in [0.3, 0.4) is 0 Å². The van der Waals surface area contributed by atoms with Gasteiger partial charge in [-0.15, -0.1) is 5.10 Å². The zero-order chi connectivity index (χ0) is 12.5. The van der Waals surface area contributed by atoms with Crippen molar-refractivity contribution in [3.8, 4) is 0 Å². The Morgan fingerprint density at radius 3 is 2.89 bits per heavy atom. The summed E-state index contributed by atoms with van der Waals surface area (Å²) in [4.78, 5) is 17.8. The molecule has 0 aromatic carbocycles. The number of nitrogens with zero attached hydrogens (tertiary/aromatic N) is 4. The monoisotopic (exact) mass is 245 g/mol. The molecule has 0 unspecified atom stereocenters. The first-order chi connectivity index (χ1) is 8.74. The lowest BCUT2D eigenvalue weighted by Gasteiger charge is -2.26. The van der Waals surface area contributed by atoms with Gasteiger partial charge in [0.15, 0.2) is 17.2 Å². The second kappa shape index (κ2) is 4.38. The van der Waals surface area contributed by atoms with Gasteiger partial charge in [0.1, 0.15) is 0 Å². The molecule has 0 spiro atoms. The number of fused-ring (bicyclic) bond motifs is 1. The zero-order valence-corrected chi connectivity index (χ0v) is 10.3. The summed E-state index contributed by atoms with van der Waals surface area (Å²) in [6.45, 7) is 5.37. The van der Waals surface area contributed by atoms with Crippen LogP contribution in [0.5, 0.6) is 0 Å². The maximum Gasteiger partial charge on any atom is 0.162 e. The van der Waals surface area contributed by atoms with E-state index in [-0.39, 0.29) is 5.78 Å². The van der Waals surface area contributed by atoms with Crippen molar-refractivity contribution in [3.63, 3.8) is 0 Å². The summed E-state index contributed by atoms with van der Waals surface area (Å²) in [7, 11) is 0. The lowest BCUT2D eigenvalue weighted by atomic mass is 10.2. The highest BCUT2D eigenvalue weighted by molar-refractivity contribution is 5.93. The first-order valence-corrected chi connectivity index (χ1v) is 6.06. The molecule has 1 N–H and O–H groups in total. The molecule has 2 aromatic heterocycles. The van der Waals surface area contributed by atoms with Gasteiger partial charge in [0.05, 0.1) is 5.56 Å². The standard InChI is InChI=1S/C12H15N5O/c1-9(18)10-7-14-11-6-12(15-17(11)8-10)16-4-2-13-3-5-16/h6-8,13H,2-5H2,1H3. The molecule has 6 nitrogen and oxygen atoms in total. The fraction of sp³-hybridized carbons (Fsp3) is 0.417. The van der Waals surface area contributed by atoms with E-state index in [1.165, 1.54) is 6.92 Å². The Morgan fingerprint density at radius 2 is 2.17 bits per heavy atom. The molecule has 94 valence electrons. The quantitative estimate of drug-likeness (QED) is 0.773. The molecule has 0 bridgehead atoms. The second-order valence-corrected chi connectivity index (χ2v) is 4.44. The highest BCUT2D eigenvalue weighted by atomic mass is 16.1. The minimum atomic E-state index is 0.00335. The summed E-state index contributed by atoms with van der Waals surface area (Å²) < 4.78 is 1.67. The van der Waals surface area contributed by atoms with E-state index in [1.54, 1.807) is 16.9 Å². The van der Waals surface area contributed by atoms with Crippen molar-refractivity contribution in [2.45, 2.75) is 6.92 Å². The van der Waals surface area contributed by atoms with Crippen LogP contribution in [-0.2, 0) is 0 Å². The van der Waals surface area contributed by atoms with Gasteiger partial charge in [-0.3, -0.25) is 4.79 Å². The number of aromatic nitrogens is 3.